The van der Waals surface area contributed by atoms with Gasteiger partial charge in [-0.1, -0.05) is 11.6 Å². The molecule has 2 saturated carbocycles. The second-order valence-corrected chi connectivity index (χ2v) is 4.24. The predicted molar refractivity (Wildman–Crippen MR) is 47.4 cm³/mol. The summed E-state index contributed by atoms with van der Waals surface area (Å²) in [4.78, 5) is 0. The molecule has 0 saturated heterocycles. The fraction of sp³-hybridized carbons (Fsp3) is 0.778. The summed E-state index contributed by atoms with van der Waals surface area (Å²) >= 11 is 4.57. The summed E-state index contributed by atoms with van der Waals surface area (Å²) in [5, 5.41) is 0.685. The molecule has 1 heteroatoms. The summed E-state index contributed by atoms with van der Waals surface area (Å²) < 4.78 is 0. The number of rotatable bonds is 0. The van der Waals surface area contributed by atoms with E-state index in [9.17, 15) is 0 Å². The highest BCUT2D eigenvalue weighted by Gasteiger charge is 2.40. The van der Waals surface area contributed by atoms with Gasteiger partial charge in [-0.2, -0.15) is 12.6 Å². The Morgan fingerprint density at radius 1 is 1.50 bits per heavy atom. The van der Waals surface area contributed by atoms with Crippen molar-refractivity contribution < 1.29 is 0 Å². The van der Waals surface area contributed by atoms with Crippen LogP contribution < -0.4 is 0 Å². The van der Waals surface area contributed by atoms with Crippen molar-refractivity contribution in [1.29, 1.82) is 0 Å². The molecule has 0 nitrogen and oxygen atoms in total. The average Bonchev–Trinajstić information content (AvgIpc) is 2.44. The summed E-state index contributed by atoms with van der Waals surface area (Å²) in [6, 6.07) is 0. The van der Waals surface area contributed by atoms with Crippen LogP contribution in [0.2, 0.25) is 0 Å². The minimum atomic E-state index is 0.685. The highest BCUT2D eigenvalue weighted by atomic mass is 32.1. The fourth-order valence-electron chi connectivity index (χ4n) is 2.50. The summed E-state index contributed by atoms with van der Waals surface area (Å²) in [6.07, 6.45) is 6.46. The maximum absolute atomic E-state index is 4.57. The van der Waals surface area contributed by atoms with E-state index in [0.29, 0.717) is 5.25 Å². The third-order valence-corrected chi connectivity index (χ3v) is 3.57. The van der Waals surface area contributed by atoms with Gasteiger partial charge < -0.3 is 0 Å². The maximum atomic E-state index is 4.57. The van der Waals surface area contributed by atoms with Crippen molar-refractivity contribution in [3.05, 3.63) is 11.6 Å². The molecule has 3 atom stereocenters. The molecule has 2 bridgehead atoms. The lowest BCUT2D eigenvalue weighted by Gasteiger charge is -2.18. The number of hydrogen-bond acceptors (Lipinski definition) is 1. The van der Waals surface area contributed by atoms with Gasteiger partial charge in [-0.25, -0.2) is 0 Å². The first-order valence-electron chi connectivity index (χ1n) is 4.14. The van der Waals surface area contributed by atoms with Gasteiger partial charge in [0, 0.05) is 5.25 Å². The van der Waals surface area contributed by atoms with E-state index in [0.717, 1.165) is 11.8 Å². The van der Waals surface area contributed by atoms with E-state index in [1.54, 1.807) is 5.57 Å². The average molecular weight is 154 g/mol. The number of allylic oxidation sites excluding steroid dienone is 2. The van der Waals surface area contributed by atoms with E-state index in [-0.39, 0.29) is 0 Å². The molecular weight excluding hydrogens is 140 g/mol. The molecule has 0 radical (unpaired) electrons. The third kappa shape index (κ3) is 0.833. The second-order valence-electron chi connectivity index (χ2n) is 3.58. The molecule has 0 aliphatic heterocycles. The second kappa shape index (κ2) is 2.30. The summed E-state index contributed by atoms with van der Waals surface area (Å²) in [5.74, 6) is 1.83. The van der Waals surface area contributed by atoms with Gasteiger partial charge in [0.05, 0.1) is 0 Å². The van der Waals surface area contributed by atoms with Crippen LogP contribution in [0.4, 0.5) is 0 Å². The zero-order valence-corrected chi connectivity index (χ0v) is 7.27. The van der Waals surface area contributed by atoms with E-state index in [2.05, 4.69) is 25.6 Å². The Balaban J connectivity index is 2.20. The van der Waals surface area contributed by atoms with Crippen LogP contribution >= 0.6 is 12.6 Å². The molecule has 0 N–H and O–H groups in total. The Labute approximate surface area is 68.1 Å². The van der Waals surface area contributed by atoms with E-state index in [1.807, 2.05) is 0 Å². The van der Waals surface area contributed by atoms with Crippen LogP contribution in [0, 0.1) is 11.8 Å². The Kier molecular flexibility index (Phi) is 1.56. The first kappa shape index (κ1) is 6.78. The Morgan fingerprint density at radius 2 is 2.30 bits per heavy atom. The monoisotopic (exact) mass is 154 g/mol. The summed E-state index contributed by atoms with van der Waals surface area (Å²) in [5.41, 5.74) is 1.68. The molecule has 0 aromatic rings. The predicted octanol–water partition coefficient (Wildman–Crippen LogP) is 2.66. The normalized spacial score (nSPS) is 49.0. The molecule has 2 aliphatic carbocycles. The molecule has 0 heterocycles. The van der Waals surface area contributed by atoms with Gasteiger partial charge in [-0.15, -0.1) is 0 Å². The van der Waals surface area contributed by atoms with Crippen molar-refractivity contribution in [2.45, 2.75) is 31.4 Å². The molecule has 10 heavy (non-hydrogen) atoms. The van der Waals surface area contributed by atoms with Crippen LogP contribution in [0.3, 0.4) is 0 Å². The first-order valence-corrected chi connectivity index (χ1v) is 4.66. The molecular formula is C9H14S. The number of hydrogen-bond donors (Lipinski definition) is 1. The van der Waals surface area contributed by atoms with Crippen molar-refractivity contribution in [2.75, 3.05) is 0 Å². The van der Waals surface area contributed by atoms with Gasteiger partial charge in [0.15, 0.2) is 0 Å². The zero-order chi connectivity index (χ0) is 7.14. The standard InChI is InChI=1S/C9H14S/c1-2-7-3-6-4-8(7)9(10)5-6/h2,6,8-10H,3-5H2,1H3/b7-2-. The van der Waals surface area contributed by atoms with E-state index in [4.69, 9.17) is 0 Å². The van der Waals surface area contributed by atoms with Crippen molar-refractivity contribution >= 4 is 12.6 Å². The van der Waals surface area contributed by atoms with E-state index in [1.165, 1.54) is 19.3 Å². The molecule has 0 aromatic carbocycles. The first-order chi connectivity index (χ1) is 4.81. The fourth-order valence-corrected chi connectivity index (χ4v) is 3.11. The lowest BCUT2D eigenvalue weighted by atomic mass is 9.94. The largest absolute Gasteiger partial charge is 0.175 e. The Morgan fingerprint density at radius 3 is 2.70 bits per heavy atom. The summed E-state index contributed by atoms with van der Waals surface area (Å²) in [6.45, 7) is 2.16. The third-order valence-electron chi connectivity index (χ3n) is 3.00. The van der Waals surface area contributed by atoms with Crippen LogP contribution in [0.25, 0.3) is 0 Å². The zero-order valence-electron chi connectivity index (χ0n) is 6.38. The highest BCUT2D eigenvalue weighted by molar-refractivity contribution is 7.81. The van der Waals surface area contributed by atoms with Gasteiger partial charge in [-0.05, 0) is 38.0 Å². The van der Waals surface area contributed by atoms with Crippen LogP contribution in [0.5, 0.6) is 0 Å². The topological polar surface area (TPSA) is 0 Å². The Bertz CT molecular complexity index is 172. The number of fused-ring (bicyclic) bond motifs is 2. The number of thiol groups is 1. The van der Waals surface area contributed by atoms with Crippen LogP contribution in [-0.4, -0.2) is 5.25 Å². The lowest BCUT2D eigenvalue weighted by molar-refractivity contribution is 0.570. The molecule has 2 rings (SSSR count). The molecule has 3 unspecified atom stereocenters. The smallest absolute Gasteiger partial charge is 0.00851 e. The Hall–Kier alpha value is 0.0900. The van der Waals surface area contributed by atoms with Crippen molar-refractivity contribution in [3.8, 4) is 0 Å². The summed E-state index contributed by atoms with van der Waals surface area (Å²) in [7, 11) is 0. The van der Waals surface area contributed by atoms with Crippen molar-refractivity contribution in [1.82, 2.24) is 0 Å². The van der Waals surface area contributed by atoms with Crippen molar-refractivity contribution in [2.24, 2.45) is 11.8 Å². The van der Waals surface area contributed by atoms with Gasteiger partial charge in [0.2, 0.25) is 0 Å². The molecule has 0 amide bonds. The minimum absolute atomic E-state index is 0.685. The molecule has 0 aromatic heterocycles. The quantitative estimate of drug-likeness (QED) is 0.402. The van der Waals surface area contributed by atoms with Gasteiger partial charge in [-0.3, -0.25) is 0 Å². The maximum Gasteiger partial charge on any atom is 0.00851 e. The molecule has 2 fully saturated rings. The van der Waals surface area contributed by atoms with Crippen LogP contribution in [-0.2, 0) is 0 Å². The minimum Gasteiger partial charge on any atom is -0.175 e. The van der Waals surface area contributed by atoms with Gasteiger partial charge >= 0.3 is 0 Å². The molecule has 2 aliphatic rings. The SMILES string of the molecule is C/C=C1/CC2CC(S)C1C2. The van der Waals surface area contributed by atoms with Crippen molar-refractivity contribution in [3.63, 3.8) is 0 Å². The molecule has 56 valence electrons. The lowest BCUT2D eigenvalue weighted by Crippen LogP contribution is -2.11. The van der Waals surface area contributed by atoms with Gasteiger partial charge in [0.1, 0.15) is 0 Å². The van der Waals surface area contributed by atoms with Crippen LogP contribution in [0.1, 0.15) is 26.2 Å². The van der Waals surface area contributed by atoms with Gasteiger partial charge in [0.25, 0.3) is 0 Å². The van der Waals surface area contributed by atoms with Crippen LogP contribution in [0.15, 0.2) is 11.6 Å². The molecule has 0 spiro atoms. The van der Waals surface area contributed by atoms with E-state index >= 15 is 0 Å². The van der Waals surface area contributed by atoms with E-state index < -0.39 is 0 Å². The highest BCUT2D eigenvalue weighted by Crippen LogP contribution is 2.49.